The van der Waals surface area contributed by atoms with Crippen molar-refractivity contribution in [1.29, 1.82) is 0 Å². The van der Waals surface area contributed by atoms with Crippen LogP contribution in [0.3, 0.4) is 0 Å². The minimum absolute atomic E-state index is 0.00850. The average molecular weight is 320 g/mol. The highest BCUT2D eigenvalue weighted by Gasteiger charge is 2.28. The number of sulfone groups is 1. The lowest BCUT2D eigenvalue weighted by Gasteiger charge is -2.12. The summed E-state index contributed by atoms with van der Waals surface area (Å²) in [6, 6.07) is 8.94. The van der Waals surface area contributed by atoms with Crippen molar-refractivity contribution in [2.24, 2.45) is 0 Å². The molecule has 1 amide bonds. The van der Waals surface area contributed by atoms with Gasteiger partial charge in [0.15, 0.2) is 16.4 Å². The highest BCUT2D eigenvalue weighted by atomic mass is 32.2. The van der Waals surface area contributed by atoms with E-state index in [0.717, 1.165) is 5.39 Å². The monoisotopic (exact) mass is 320 g/mol. The third-order valence-corrected chi connectivity index (χ3v) is 5.32. The molecule has 22 heavy (non-hydrogen) atoms. The molecule has 1 atom stereocenters. The van der Waals surface area contributed by atoms with E-state index in [0.29, 0.717) is 17.7 Å². The Morgan fingerprint density at radius 2 is 2.14 bits per heavy atom. The second kappa shape index (κ2) is 5.92. The number of nitrogens with one attached hydrogen (secondary N) is 1. The van der Waals surface area contributed by atoms with Crippen LogP contribution in [0.5, 0.6) is 5.75 Å². The topological polar surface area (TPSA) is 85.4 Å². The maximum absolute atomic E-state index is 11.9. The van der Waals surface area contributed by atoms with Crippen LogP contribution in [0.25, 0.3) is 10.9 Å². The van der Waals surface area contributed by atoms with Crippen LogP contribution in [0.4, 0.5) is 0 Å². The smallest absolute Gasteiger partial charge is 0.258 e. The second-order valence-corrected chi connectivity index (χ2v) is 7.52. The van der Waals surface area contributed by atoms with Crippen molar-refractivity contribution in [2.75, 3.05) is 18.1 Å². The van der Waals surface area contributed by atoms with E-state index in [1.165, 1.54) is 0 Å². The van der Waals surface area contributed by atoms with E-state index < -0.39 is 9.84 Å². The number of aromatic nitrogens is 1. The third-order valence-electron chi connectivity index (χ3n) is 3.55. The maximum Gasteiger partial charge on any atom is 0.258 e. The molecule has 1 aliphatic heterocycles. The Morgan fingerprint density at radius 1 is 1.32 bits per heavy atom. The van der Waals surface area contributed by atoms with Crippen molar-refractivity contribution < 1.29 is 17.9 Å². The number of hydrogen-bond acceptors (Lipinski definition) is 5. The van der Waals surface area contributed by atoms with E-state index >= 15 is 0 Å². The molecule has 6 nitrogen and oxygen atoms in total. The minimum atomic E-state index is -3.00. The van der Waals surface area contributed by atoms with Gasteiger partial charge >= 0.3 is 0 Å². The molecule has 1 saturated heterocycles. The normalized spacial score (nSPS) is 19.9. The van der Waals surface area contributed by atoms with E-state index in [4.69, 9.17) is 4.74 Å². The highest BCUT2D eigenvalue weighted by Crippen LogP contribution is 2.22. The molecule has 1 unspecified atom stereocenters. The van der Waals surface area contributed by atoms with Gasteiger partial charge in [-0.25, -0.2) is 8.42 Å². The summed E-state index contributed by atoms with van der Waals surface area (Å²) in [5.41, 5.74) is 0.696. The van der Waals surface area contributed by atoms with Crippen LogP contribution in [-0.2, 0) is 14.6 Å². The molecule has 0 saturated carbocycles. The lowest BCUT2D eigenvalue weighted by atomic mass is 10.2. The molecule has 1 fully saturated rings. The molecule has 0 radical (unpaired) electrons. The molecule has 1 aromatic heterocycles. The fraction of sp³-hybridized carbons (Fsp3) is 0.333. The van der Waals surface area contributed by atoms with Gasteiger partial charge in [0, 0.05) is 17.6 Å². The Morgan fingerprint density at radius 3 is 2.91 bits per heavy atom. The number of rotatable bonds is 4. The third kappa shape index (κ3) is 3.36. The Bertz CT molecular complexity index is 799. The van der Waals surface area contributed by atoms with Gasteiger partial charge in [0.1, 0.15) is 11.3 Å². The summed E-state index contributed by atoms with van der Waals surface area (Å²) in [6.07, 6.45) is 2.13. The van der Waals surface area contributed by atoms with Crippen molar-refractivity contribution in [3.05, 3.63) is 36.5 Å². The summed E-state index contributed by atoms with van der Waals surface area (Å²) >= 11 is 0. The summed E-state index contributed by atoms with van der Waals surface area (Å²) in [4.78, 5) is 16.1. The molecule has 116 valence electrons. The quantitative estimate of drug-likeness (QED) is 0.905. The number of pyridine rings is 1. The predicted octanol–water partition coefficient (Wildman–Crippen LogP) is 0.917. The number of ether oxygens (including phenoxy) is 1. The van der Waals surface area contributed by atoms with Gasteiger partial charge in [0.2, 0.25) is 0 Å². The van der Waals surface area contributed by atoms with Gasteiger partial charge in [0.05, 0.1) is 11.5 Å². The first-order valence-corrected chi connectivity index (χ1v) is 8.82. The van der Waals surface area contributed by atoms with E-state index in [2.05, 4.69) is 10.3 Å². The highest BCUT2D eigenvalue weighted by molar-refractivity contribution is 7.91. The molecule has 0 aliphatic carbocycles. The first kappa shape index (κ1) is 14.8. The Hall–Kier alpha value is -2.15. The van der Waals surface area contributed by atoms with Crippen LogP contribution in [0.2, 0.25) is 0 Å². The number of benzene rings is 1. The number of amides is 1. The summed E-state index contributed by atoms with van der Waals surface area (Å²) in [5.74, 6) is 0.350. The molecule has 1 N–H and O–H groups in total. The number of carbonyl (C=O) groups is 1. The molecule has 2 aromatic rings. The SMILES string of the molecule is O=C(COc1cccc2cccnc12)NC1CCS(=O)(=O)C1. The first-order chi connectivity index (χ1) is 10.5. The molecule has 2 heterocycles. The molecule has 1 aliphatic rings. The van der Waals surface area contributed by atoms with Gasteiger partial charge in [-0.05, 0) is 18.6 Å². The average Bonchev–Trinajstić information content (AvgIpc) is 2.84. The van der Waals surface area contributed by atoms with Gasteiger partial charge < -0.3 is 10.1 Å². The molecule has 7 heteroatoms. The number of carbonyl (C=O) groups excluding carboxylic acids is 1. The number of nitrogens with zero attached hydrogens (tertiary/aromatic N) is 1. The lowest BCUT2D eigenvalue weighted by molar-refractivity contribution is -0.123. The summed E-state index contributed by atoms with van der Waals surface area (Å²) in [7, 11) is -3.00. The summed E-state index contributed by atoms with van der Waals surface area (Å²) in [6.45, 7) is -0.160. The van der Waals surface area contributed by atoms with Crippen LogP contribution in [0.1, 0.15) is 6.42 Å². The fourth-order valence-corrected chi connectivity index (χ4v) is 4.19. The predicted molar refractivity (Wildman–Crippen MR) is 82.4 cm³/mol. The standard InChI is InChI=1S/C15H16N2O4S/c18-14(17-12-6-8-22(19,20)10-12)9-21-13-5-1-3-11-4-2-7-16-15(11)13/h1-5,7,12H,6,8-10H2,(H,17,18). The van der Waals surface area contributed by atoms with Crippen LogP contribution in [0.15, 0.2) is 36.5 Å². The first-order valence-electron chi connectivity index (χ1n) is 7.00. The second-order valence-electron chi connectivity index (χ2n) is 5.29. The molecule has 1 aromatic carbocycles. The number of fused-ring (bicyclic) bond motifs is 1. The van der Waals surface area contributed by atoms with Crippen LogP contribution < -0.4 is 10.1 Å². The van der Waals surface area contributed by atoms with Gasteiger partial charge in [-0.2, -0.15) is 0 Å². The Labute approximate surface area is 128 Å². The minimum Gasteiger partial charge on any atom is -0.481 e. The number of hydrogen-bond donors (Lipinski definition) is 1. The zero-order valence-corrected chi connectivity index (χ0v) is 12.7. The molecule has 0 spiro atoms. The van der Waals surface area contributed by atoms with E-state index in [1.54, 1.807) is 12.3 Å². The molecular weight excluding hydrogens is 304 g/mol. The summed E-state index contributed by atoms with van der Waals surface area (Å²) in [5, 5.41) is 3.62. The Kier molecular flexibility index (Phi) is 3.98. The van der Waals surface area contributed by atoms with Crippen LogP contribution in [0, 0.1) is 0 Å². The van der Waals surface area contributed by atoms with E-state index in [9.17, 15) is 13.2 Å². The van der Waals surface area contributed by atoms with Crippen molar-refractivity contribution >= 4 is 26.6 Å². The largest absolute Gasteiger partial charge is 0.481 e. The van der Waals surface area contributed by atoms with Gasteiger partial charge in [-0.1, -0.05) is 18.2 Å². The van der Waals surface area contributed by atoms with E-state index in [1.807, 2.05) is 24.3 Å². The molecule has 0 bridgehead atoms. The lowest BCUT2D eigenvalue weighted by Crippen LogP contribution is -2.38. The van der Waals surface area contributed by atoms with Crippen LogP contribution >= 0.6 is 0 Å². The number of para-hydroxylation sites is 1. The van der Waals surface area contributed by atoms with Crippen molar-refractivity contribution in [3.63, 3.8) is 0 Å². The van der Waals surface area contributed by atoms with Gasteiger partial charge in [0.25, 0.3) is 5.91 Å². The van der Waals surface area contributed by atoms with Gasteiger partial charge in [-0.3, -0.25) is 9.78 Å². The summed E-state index contributed by atoms with van der Waals surface area (Å²) < 4.78 is 28.2. The Balaban J connectivity index is 1.61. The maximum atomic E-state index is 11.9. The zero-order chi connectivity index (χ0) is 15.6. The van der Waals surface area contributed by atoms with Crippen molar-refractivity contribution in [3.8, 4) is 5.75 Å². The fourth-order valence-electron chi connectivity index (χ4n) is 2.51. The zero-order valence-electron chi connectivity index (χ0n) is 11.9. The van der Waals surface area contributed by atoms with Crippen molar-refractivity contribution in [2.45, 2.75) is 12.5 Å². The van der Waals surface area contributed by atoms with Crippen LogP contribution in [-0.4, -0.2) is 43.5 Å². The van der Waals surface area contributed by atoms with Crippen molar-refractivity contribution in [1.82, 2.24) is 10.3 Å². The molecule has 3 rings (SSSR count). The van der Waals surface area contributed by atoms with E-state index in [-0.39, 0.29) is 30.1 Å². The van der Waals surface area contributed by atoms with Gasteiger partial charge in [-0.15, -0.1) is 0 Å². The molecular formula is C15H16N2O4S.